The summed E-state index contributed by atoms with van der Waals surface area (Å²) in [5.74, 6) is 1.56. The molecule has 0 bridgehead atoms. The molecule has 3 aromatic rings. The zero-order chi connectivity index (χ0) is 19.3. The lowest BCUT2D eigenvalue weighted by molar-refractivity contribution is 0.102. The summed E-state index contributed by atoms with van der Waals surface area (Å²) < 4.78 is 11.0. The van der Waals surface area contributed by atoms with Gasteiger partial charge in [-0.25, -0.2) is 0 Å². The van der Waals surface area contributed by atoms with E-state index in [4.69, 9.17) is 9.47 Å². The molecule has 0 fully saturated rings. The number of nitrogens with one attached hydrogen (secondary N) is 2. The number of aromatic nitrogens is 2. The summed E-state index contributed by atoms with van der Waals surface area (Å²) in [4.78, 5) is 12.4. The smallest absolute Gasteiger partial charge is 0.276 e. The van der Waals surface area contributed by atoms with Crippen LogP contribution in [0.3, 0.4) is 0 Å². The molecule has 142 valence electrons. The first-order valence-corrected chi connectivity index (χ1v) is 9.01. The molecule has 2 N–H and O–H groups in total. The number of anilines is 2. The molecular formula is C21H20N4O3. The van der Waals surface area contributed by atoms with Crippen molar-refractivity contribution in [1.29, 1.82) is 0 Å². The Kier molecular flexibility index (Phi) is 5.05. The van der Waals surface area contributed by atoms with E-state index in [-0.39, 0.29) is 11.6 Å². The summed E-state index contributed by atoms with van der Waals surface area (Å²) in [6.07, 6.45) is 0. The molecule has 0 saturated carbocycles. The van der Waals surface area contributed by atoms with Crippen molar-refractivity contribution in [3.05, 3.63) is 71.4 Å². The Morgan fingerprint density at radius 2 is 1.75 bits per heavy atom. The van der Waals surface area contributed by atoms with Crippen LogP contribution in [0.4, 0.5) is 11.5 Å². The average Bonchev–Trinajstić information content (AvgIpc) is 2.73. The number of hydrogen-bond acceptors (Lipinski definition) is 6. The minimum Gasteiger partial charge on any atom is -0.486 e. The highest BCUT2D eigenvalue weighted by atomic mass is 16.6. The van der Waals surface area contributed by atoms with Gasteiger partial charge in [-0.1, -0.05) is 29.8 Å². The second-order valence-electron chi connectivity index (χ2n) is 6.46. The first kappa shape index (κ1) is 17.8. The molecule has 2 aromatic carbocycles. The molecule has 4 rings (SSSR count). The minimum atomic E-state index is -0.339. The number of carbonyl (C=O) groups is 1. The molecule has 28 heavy (non-hydrogen) atoms. The number of nitrogens with zero attached hydrogens (tertiary/aromatic N) is 2. The van der Waals surface area contributed by atoms with Gasteiger partial charge in [-0.05, 0) is 36.8 Å². The van der Waals surface area contributed by atoms with E-state index in [1.165, 1.54) is 5.56 Å². The van der Waals surface area contributed by atoms with E-state index in [2.05, 4.69) is 52.0 Å². The van der Waals surface area contributed by atoms with Crippen LogP contribution < -0.4 is 20.1 Å². The third-order valence-corrected chi connectivity index (χ3v) is 4.29. The van der Waals surface area contributed by atoms with Gasteiger partial charge in [0.15, 0.2) is 17.2 Å². The SMILES string of the molecule is Cc1ccc(CNc2ccc(C(=O)Nc3ccc4c(c3)OCCO4)nn2)cc1. The average molecular weight is 376 g/mol. The van der Waals surface area contributed by atoms with Crippen molar-refractivity contribution in [3.8, 4) is 11.5 Å². The molecule has 1 amide bonds. The number of amides is 1. The zero-order valence-corrected chi connectivity index (χ0v) is 15.4. The molecule has 1 aliphatic rings. The monoisotopic (exact) mass is 376 g/mol. The molecule has 0 radical (unpaired) electrons. The van der Waals surface area contributed by atoms with Crippen LogP contribution in [0.2, 0.25) is 0 Å². The van der Waals surface area contributed by atoms with E-state index < -0.39 is 0 Å². The van der Waals surface area contributed by atoms with Gasteiger partial charge in [0.2, 0.25) is 0 Å². The highest BCUT2D eigenvalue weighted by molar-refractivity contribution is 6.02. The fourth-order valence-electron chi connectivity index (χ4n) is 2.76. The fraction of sp³-hybridized carbons (Fsp3) is 0.190. The van der Waals surface area contributed by atoms with Crippen molar-refractivity contribution < 1.29 is 14.3 Å². The fourth-order valence-corrected chi connectivity index (χ4v) is 2.76. The van der Waals surface area contributed by atoms with Gasteiger partial charge in [-0.3, -0.25) is 4.79 Å². The largest absolute Gasteiger partial charge is 0.486 e. The summed E-state index contributed by atoms with van der Waals surface area (Å²) in [6.45, 7) is 3.71. The maximum atomic E-state index is 12.4. The van der Waals surface area contributed by atoms with Crippen LogP contribution in [0.5, 0.6) is 11.5 Å². The normalized spacial score (nSPS) is 12.3. The Morgan fingerprint density at radius 1 is 0.964 bits per heavy atom. The van der Waals surface area contributed by atoms with Crippen molar-refractivity contribution in [2.45, 2.75) is 13.5 Å². The van der Waals surface area contributed by atoms with Crippen LogP contribution in [0, 0.1) is 6.92 Å². The Bertz CT molecular complexity index is 972. The van der Waals surface area contributed by atoms with E-state index in [1.54, 1.807) is 30.3 Å². The highest BCUT2D eigenvalue weighted by Gasteiger charge is 2.14. The van der Waals surface area contributed by atoms with Crippen molar-refractivity contribution in [2.24, 2.45) is 0 Å². The third kappa shape index (κ3) is 4.20. The zero-order valence-electron chi connectivity index (χ0n) is 15.4. The Balaban J connectivity index is 1.36. The number of hydrogen-bond donors (Lipinski definition) is 2. The van der Waals surface area contributed by atoms with E-state index >= 15 is 0 Å². The third-order valence-electron chi connectivity index (χ3n) is 4.29. The topological polar surface area (TPSA) is 85.4 Å². The molecular weight excluding hydrogens is 356 g/mol. The van der Waals surface area contributed by atoms with Crippen molar-refractivity contribution in [2.75, 3.05) is 23.8 Å². The van der Waals surface area contributed by atoms with Crippen LogP contribution in [0.1, 0.15) is 21.6 Å². The number of rotatable bonds is 5. The molecule has 0 spiro atoms. The maximum absolute atomic E-state index is 12.4. The van der Waals surface area contributed by atoms with Crippen LogP contribution in [-0.4, -0.2) is 29.3 Å². The quantitative estimate of drug-likeness (QED) is 0.710. The summed E-state index contributed by atoms with van der Waals surface area (Å²) in [6, 6.07) is 16.9. The highest BCUT2D eigenvalue weighted by Crippen LogP contribution is 2.32. The van der Waals surface area contributed by atoms with Gasteiger partial charge in [-0.15, -0.1) is 10.2 Å². The van der Waals surface area contributed by atoms with E-state index in [9.17, 15) is 4.79 Å². The van der Waals surface area contributed by atoms with Crippen LogP contribution >= 0.6 is 0 Å². The van der Waals surface area contributed by atoms with Gasteiger partial charge >= 0.3 is 0 Å². The summed E-state index contributed by atoms with van der Waals surface area (Å²) in [7, 11) is 0. The van der Waals surface area contributed by atoms with Crippen LogP contribution in [-0.2, 0) is 6.54 Å². The first-order chi connectivity index (χ1) is 13.7. The lowest BCUT2D eigenvalue weighted by Crippen LogP contribution is -2.17. The predicted octanol–water partition coefficient (Wildman–Crippen LogP) is 3.42. The molecule has 0 atom stereocenters. The Labute approximate surface area is 162 Å². The number of ether oxygens (including phenoxy) is 2. The molecule has 7 heteroatoms. The number of carbonyl (C=O) groups excluding carboxylic acids is 1. The maximum Gasteiger partial charge on any atom is 0.276 e. The molecule has 0 saturated heterocycles. The van der Waals surface area contributed by atoms with Crippen LogP contribution in [0.25, 0.3) is 0 Å². The van der Waals surface area contributed by atoms with Gasteiger partial charge in [0.25, 0.3) is 5.91 Å². The van der Waals surface area contributed by atoms with E-state index in [0.29, 0.717) is 42.8 Å². The van der Waals surface area contributed by atoms with Crippen molar-refractivity contribution >= 4 is 17.4 Å². The second-order valence-corrected chi connectivity index (χ2v) is 6.46. The Hall–Kier alpha value is -3.61. The van der Waals surface area contributed by atoms with Gasteiger partial charge < -0.3 is 20.1 Å². The summed E-state index contributed by atoms with van der Waals surface area (Å²) in [5.41, 5.74) is 3.21. The molecule has 2 heterocycles. The lowest BCUT2D eigenvalue weighted by atomic mass is 10.1. The number of aryl methyl sites for hydroxylation is 1. The van der Waals surface area contributed by atoms with Gasteiger partial charge in [0.1, 0.15) is 19.0 Å². The summed E-state index contributed by atoms with van der Waals surface area (Å²) >= 11 is 0. The molecule has 7 nitrogen and oxygen atoms in total. The van der Waals surface area contributed by atoms with Crippen molar-refractivity contribution in [1.82, 2.24) is 10.2 Å². The molecule has 0 aliphatic carbocycles. The van der Waals surface area contributed by atoms with Gasteiger partial charge in [0.05, 0.1) is 0 Å². The van der Waals surface area contributed by atoms with E-state index in [1.807, 2.05) is 0 Å². The predicted molar refractivity (Wildman–Crippen MR) is 106 cm³/mol. The standard InChI is InChI=1S/C21H20N4O3/c1-14-2-4-15(5-3-14)13-22-20-9-7-17(24-25-20)21(26)23-16-6-8-18-19(12-16)28-11-10-27-18/h2-9,12H,10-11,13H2,1H3,(H,22,25)(H,23,26). The molecule has 1 aromatic heterocycles. The number of fused-ring (bicyclic) bond motifs is 1. The number of benzene rings is 2. The minimum absolute atomic E-state index is 0.232. The molecule has 0 unspecified atom stereocenters. The van der Waals surface area contributed by atoms with Gasteiger partial charge in [-0.2, -0.15) is 0 Å². The second kappa shape index (κ2) is 7.96. The van der Waals surface area contributed by atoms with Crippen molar-refractivity contribution in [3.63, 3.8) is 0 Å². The summed E-state index contributed by atoms with van der Waals surface area (Å²) in [5, 5.41) is 14.1. The lowest BCUT2D eigenvalue weighted by Gasteiger charge is -2.18. The molecule has 1 aliphatic heterocycles. The van der Waals surface area contributed by atoms with Crippen LogP contribution in [0.15, 0.2) is 54.6 Å². The van der Waals surface area contributed by atoms with E-state index in [0.717, 1.165) is 5.56 Å². The van der Waals surface area contributed by atoms with Gasteiger partial charge in [0, 0.05) is 18.3 Å². The Morgan fingerprint density at radius 3 is 2.50 bits per heavy atom. The first-order valence-electron chi connectivity index (χ1n) is 9.01.